The minimum absolute atomic E-state index is 0.143. The smallest absolute Gasteiger partial charge is 0.224 e. The first-order valence-electron chi connectivity index (χ1n) is 7.62. The van der Waals surface area contributed by atoms with Crippen LogP contribution in [-0.4, -0.2) is 16.8 Å². The van der Waals surface area contributed by atoms with Crippen molar-refractivity contribution < 1.29 is 4.79 Å². The highest BCUT2D eigenvalue weighted by Crippen LogP contribution is 2.24. The molecule has 3 rings (SSSR count). The fourth-order valence-electron chi connectivity index (χ4n) is 3.10. The lowest BCUT2D eigenvalue weighted by Gasteiger charge is -2.26. The molecular weight excluding hydrogens is 326 g/mol. The van der Waals surface area contributed by atoms with Gasteiger partial charge in [0.15, 0.2) is 0 Å². The number of halogens is 1. The number of carbonyl (C=O) groups is 1. The Kier molecular flexibility index (Phi) is 4.59. The minimum Gasteiger partial charge on any atom is -0.353 e. The van der Waals surface area contributed by atoms with Crippen molar-refractivity contribution in [2.75, 3.05) is 0 Å². The Labute approximate surface area is 134 Å². The van der Waals surface area contributed by atoms with Crippen LogP contribution in [0.15, 0.2) is 42.5 Å². The molecule has 1 N–H and O–H groups in total. The molecule has 1 amide bonds. The van der Waals surface area contributed by atoms with Crippen molar-refractivity contribution in [2.24, 2.45) is 0 Å². The number of hydrogen-bond acceptors (Lipinski definition) is 1. The van der Waals surface area contributed by atoms with Gasteiger partial charge in [-0.3, -0.25) is 4.79 Å². The number of hydrogen-bond donors (Lipinski definition) is 1. The highest BCUT2D eigenvalue weighted by atomic mass is 79.9. The molecule has 0 aromatic heterocycles. The van der Waals surface area contributed by atoms with Crippen molar-refractivity contribution in [3.05, 3.63) is 48.0 Å². The largest absolute Gasteiger partial charge is 0.353 e. The minimum atomic E-state index is 0.143. The monoisotopic (exact) mass is 345 g/mol. The average Bonchev–Trinajstić information content (AvgIpc) is 2.50. The number of alkyl halides is 1. The predicted molar refractivity (Wildman–Crippen MR) is 90.8 cm³/mol. The van der Waals surface area contributed by atoms with Crippen LogP contribution in [-0.2, 0) is 11.2 Å². The van der Waals surface area contributed by atoms with Gasteiger partial charge >= 0.3 is 0 Å². The topological polar surface area (TPSA) is 29.1 Å². The summed E-state index contributed by atoms with van der Waals surface area (Å²) in [7, 11) is 0. The van der Waals surface area contributed by atoms with Crippen LogP contribution in [0.2, 0.25) is 0 Å². The number of rotatable bonds is 3. The Morgan fingerprint density at radius 2 is 1.76 bits per heavy atom. The summed E-state index contributed by atoms with van der Waals surface area (Å²) in [5.41, 5.74) is 1.11. The Hall–Kier alpha value is -1.35. The Morgan fingerprint density at radius 3 is 2.57 bits per heavy atom. The summed E-state index contributed by atoms with van der Waals surface area (Å²) in [6.45, 7) is 0. The maximum absolute atomic E-state index is 12.3. The summed E-state index contributed by atoms with van der Waals surface area (Å²) >= 11 is 3.65. The van der Waals surface area contributed by atoms with Crippen molar-refractivity contribution in [3.8, 4) is 0 Å². The zero-order chi connectivity index (χ0) is 14.7. The molecule has 1 saturated carbocycles. The third kappa shape index (κ3) is 3.65. The van der Waals surface area contributed by atoms with E-state index >= 15 is 0 Å². The lowest BCUT2D eigenvalue weighted by molar-refractivity contribution is -0.121. The normalized spacial score (nSPS) is 22.1. The number of carbonyl (C=O) groups excluding carboxylic acids is 1. The summed E-state index contributed by atoms with van der Waals surface area (Å²) in [6.07, 6.45) is 4.93. The van der Waals surface area contributed by atoms with Gasteiger partial charge in [0.2, 0.25) is 5.91 Å². The Bertz CT molecular complexity index is 627. The number of nitrogens with one attached hydrogen (secondary N) is 1. The molecule has 0 unspecified atom stereocenters. The summed E-state index contributed by atoms with van der Waals surface area (Å²) in [5, 5.41) is 5.57. The molecule has 0 saturated heterocycles. The van der Waals surface area contributed by atoms with Crippen LogP contribution in [0.4, 0.5) is 0 Å². The van der Waals surface area contributed by atoms with Gasteiger partial charge in [0.25, 0.3) is 0 Å². The van der Waals surface area contributed by atoms with E-state index in [0.29, 0.717) is 17.3 Å². The van der Waals surface area contributed by atoms with Crippen LogP contribution in [0.3, 0.4) is 0 Å². The van der Waals surface area contributed by atoms with E-state index in [4.69, 9.17) is 0 Å². The molecule has 1 aliphatic carbocycles. The first kappa shape index (κ1) is 14.6. The van der Waals surface area contributed by atoms with Crippen LogP contribution >= 0.6 is 15.9 Å². The van der Waals surface area contributed by atoms with Crippen LogP contribution in [0.1, 0.15) is 31.2 Å². The number of fused-ring (bicyclic) bond motifs is 1. The molecule has 2 aromatic carbocycles. The molecule has 3 heteroatoms. The lowest BCUT2D eigenvalue weighted by Crippen LogP contribution is -2.38. The summed E-state index contributed by atoms with van der Waals surface area (Å²) in [6, 6.07) is 14.8. The van der Waals surface area contributed by atoms with Crippen molar-refractivity contribution >= 4 is 32.6 Å². The molecule has 0 spiro atoms. The van der Waals surface area contributed by atoms with Crippen LogP contribution in [0.5, 0.6) is 0 Å². The first-order chi connectivity index (χ1) is 10.2. The second-order valence-electron chi connectivity index (χ2n) is 5.83. The average molecular weight is 346 g/mol. The predicted octanol–water partition coefficient (Wildman–Crippen LogP) is 4.20. The highest BCUT2D eigenvalue weighted by molar-refractivity contribution is 9.09. The van der Waals surface area contributed by atoms with E-state index in [1.54, 1.807) is 0 Å². The summed E-state index contributed by atoms with van der Waals surface area (Å²) < 4.78 is 0. The fourth-order valence-corrected chi connectivity index (χ4v) is 3.62. The van der Waals surface area contributed by atoms with Crippen molar-refractivity contribution in [1.29, 1.82) is 0 Å². The molecule has 0 atom stereocenters. The van der Waals surface area contributed by atoms with Crippen LogP contribution < -0.4 is 5.32 Å². The van der Waals surface area contributed by atoms with E-state index in [1.165, 1.54) is 10.8 Å². The zero-order valence-corrected chi connectivity index (χ0v) is 13.6. The number of benzene rings is 2. The quantitative estimate of drug-likeness (QED) is 0.829. The summed E-state index contributed by atoms with van der Waals surface area (Å²) in [4.78, 5) is 12.9. The van der Waals surface area contributed by atoms with Crippen LogP contribution in [0, 0.1) is 0 Å². The van der Waals surface area contributed by atoms with Crippen molar-refractivity contribution in [1.82, 2.24) is 5.32 Å². The second kappa shape index (κ2) is 6.61. The molecule has 2 aromatic rings. The summed E-state index contributed by atoms with van der Waals surface area (Å²) in [5.74, 6) is 0.143. The van der Waals surface area contributed by atoms with Crippen molar-refractivity contribution in [3.63, 3.8) is 0 Å². The third-order valence-electron chi connectivity index (χ3n) is 4.25. The zero-order valence-electron chi connectivity index (χ0n) is 12.0. The SMILES string of the molecule is O=C(Cc1cccc2ccccc12)NC1CCC(Br)CC1. The molecule has 1 aliphatic rings. The maximum Gasteiger partial charge on any atom is 0.224 e. The molecule has 1 fully saturated rings. The Morgan fingerprint density at radius 1 is 1.05 bits per heavy atom. The van der Waals surface area contributed by atoms with E-state index in [1.807, 2.05) is 18.2 Å². The molecule has 0 heterocycles. The molecule has 2 nitrogen and oxygen atoms in total. The van der Waals surface area contributed by atoms with E-state index in [0.717, 1.165) is 31.2 Å². The Balaban J connectivity index is 1.66. The van der Waals surface area contributed by atoms with Gasteiger partial charge in [-0.15, -0.1) is 0 Å². The molecule has 0 radical (unpaired) electrons. The molecule has 21 heavy (non-hydrogen) atoms. The molecule has 0 aliphatic heterocycles. The first-order valence-corrected chi connectivity index (χ1v) is 8.54. The lowest BCUT2D eigenvalue weighted by atomic mass is 9.95. The van der Waals surface area contributed by atoms with Crippen LogP contribution in [0.25, 0.3) is 10.8 Å². The van der Waals surface area contributed by atoms with Gasteiger partial charge < -0.3 is 5.32 Å². The van der Waals surface area contributed by atoms with Gasteiger partial charge in [0.1, 0.15) is 0 Å². The van der Waals surface area contributed by atoms with E-state index in [-0.39, 0.29) is 5.91 Å². The second-order valence-corrected chi connectivity index (χ2v) is 7.13. The van der Waals surface area contributed by atoms with Gasteiger partial charge in [0.05, 0.1) is 6.42 Å². The maximum atomic E-state index is 12.3. The van der Waals surface area contributed by atoms with Gasteiger partial charge in [-0.1, -0.05) is 58.4 Å². The standard InChI is InChI=1S/C18H20BrNO/c19-15-8-10-16(11-9-15)20-18(21)12-14-6-3-5-13-4-1-2-7-17(13)14/h1-7,15-16H,8-12H2,(H,20,21). The number of amides is 1. The third-order valence-corrected chi connectivity index (χ3v) is 5.17. The van der Waals surface area contributed by atoms with Gasteiger partial charge in [0, 0.05) is 10.9 Å². The fraction of sp³-hybridized carbons (Fsp3) is 0.389. The van der Waals surface area contributed by atoms with E-state index in [2.05, 4.69) is 45.5 Å². The molecular formula is C18H20BrNO. The molecule has 0 bridgehead atoms. The van der Waals surface area contributed by atoms with E-state index < -0.39 is 0 Å². The molecule has 110 valence electrons. The van der Waals surface area contributed by atoms with Crippen molar-refractivity contribution in [2.45, 2.75) is 43.0 Å². The highest BCUT2D eigenvalue weighted by Gasteiger charge is 2.20. The van der Waals surface area contributed by atoms with E-state index in [9.17, 15) is 4.79 Å². The van der Waals surface area contributed by atoms with Gasteiger partial charge in [-0.2, -0.15) is 0 Å². The van der Waals surface area contributed by atoms with Gasteiger partial charge in [-0.05, 0) is 42.0 Å². The van der Waals surface area contributed by atoms with Gasteiger partial charge in [-0.25, -0.2) is 0 Å².